The van der Waals surface area contributed by atoms with E-state index in [0.29, 0.717) is 18.1 Å². The average Bonchev–Trinajstić information content (AvgIpc) is 3.12. The minimum absolute atomic E-state index is 0.0765. The summed E-state index contributed by atoms with van der Waals surface area (Å²) in [5, 5.41) is 17.1. The van der Waals surface area contributed by atoms with E-state index in [-0.39, 0.29) is 11.8 Å². The van der Waals surface area contributed by atoms with Gasteiger partial charge in [0.1, 0.15) is 17.4 Å². The Morgan fingerprint density at radius 1 is 1.21 bits per heavy atom. The van der Waals surface area contributed by atoms with Crippen molar-refractivity contribution >= 4 is 15.9 Å². The first-order valence-corrected chi connectivity index (χ1v) is 9.56. The summed E-state index contributed by atoms with van der Waals surface area (Å²) in [4.78, 5) is 0. The number of halogens is 1. The molecule has 0 fully saturated rings. The van der Waals surface area contributed by atoms with Crippen molar-refractivity contribution in [3.05, 3.63) is 75.6 Å². The molecule has 0 saturated heterocycles. The Bertz CT molecular complexity index is 1080. The lowest BCUT2D eigenvalue weighted by Gasteiger charge is -2.24. The van der Waals surface area contributed by atoms with Crippen molar-refractivity contribution in [3.8, 4) is 29.0 Å². The van der Waals surface area contributed by atoms with Gasteiger partial charge in [-0.1, -0.05) is 28.1 Å². The van der Waals surface area contributed by atoms with Crippen LogP contribution in [0, 0.1) is 11.3 Å². The summed E-state index contributed by atoms with van der Waals surface area (Å²) >= 11 is 3.45. The number of H-pyrrole nitrogens is 1. The molecule has 4 rings (SSSR count). The molecule has 0 bridgehead atoms. The Hall–Kier alpha value is -3.24. The zero-order chi connectivity index (χ0) is 19.7. The highest BCUT2D eigenvalue weighted by Crippen LogP contribution is 2.45. The number of aromatic nitrogens is 2. The van der Waals surface area contributed by atoms with Crippen LogP contribution in [-0.4, -0.2) is 16.8 Å². The van der Waals surface area contributed by atoms with Gasteiger partial charge in [-0.05, 0) is 48.9 Å². The lowest BCUT2D eigenvalue weighted by Crippen LogP contribution is -2.20. The van der Waals surface area contributed by atoms with Gasteiger partial charge in [0.15, 0.2) is 0 Å². The topological polar surface area (TPSA) is 97.0 Å². The van der Waals surface area contributed by atoms with Crippen LogP contribution >= 0.6 is 15.9 Å². The monoisotopic (exact) mass is 436 g/mol. The SMILES string of the molecule is CCOc1ccc(-c2[nH]nc3c2[C@@H](c2ccc(Br)cc2)C(C#N)=C(N)O3)cc1. The Morgan fingerprint density at radius 2 is 1.93 bits per heavy atom. The van der Waals surface area contributed by atoms with Gasteiger partial charge in [-0.2, -0.15) is 5.26 Å². The fourth-order valence-electron chi connectivity index (χ4n) is 3.34. The molecule has 1 atom stereocenters. The molecule has 28 heavy (non-hydrogen) atoms. The summed E-state index contributed by atoms with van der Waals surface area (Å²) in [5.74, 6) is 0.880. The first-order valence-electron chi connectivity index (χ1n) is 8.77. The maximum absolute atomic E-state index is 9.74. The molecule has 0 saturated carbocycles. The van der Waals surface area contributed by atoms with E-state index >= 15 is 0 Å². The third-order valence-corrected chi connectivity index (χ3v) is 5.12. The van der Waals surface area contributed by atoms with E-state index in [1.165, 1.54) is 0 Å². The molecule has 0 amide bonds. The third kappa shape index (κ3) is 3.12. The number of nitrogens with zero attached hydrogens (tertiary/aromatic N) is 2. The molecule has 0 unspecified atom stereocenters. The van der Waals surface area contributed by atoms with Crippen molar-refractivity contribution in [1.29, 1.82) is 5.26 Å². The summed E-state index contributed by atoms with van der Waals surface area (Å²) in [7, 11) is 0. The van der Waals surface area contributed by atoms with Crippen LogP contribution in [0.15, 0.2) is 64.5 Å². The molecular formula is C21H17BrN4O2. The number of nitriles is 1. The van der Waals surface area contributed by atoms with Crippen molar-refractivity contribution in [3.63, 3.8) is 0 Å². The standard InChI is InChI=1S/C21H17BrN4O2/c1-2-27-15-9-5-13(6-10-15)19-18-17(12-3-7-14(22)8-4-12)16(11-23)20(24)28-21(18)26-25-19/h3-10,17H,2,24H2,1H3,(H,25,26)/t17-/m0/s1. The smallest absolute Gasteiger partial charge is 0.244 e. The molecule has 140 valence electrons. The summed E-state index contributed by atoms with van der Waals surface area (Å²) in [5.41, 5.74) is 9.80. The van der Waals surface area contributed by atoms with E-state index in [0.717, 1.165) is 32.6 Å². The summed E-state index contributed by atoms with van der Waals surface area (Å²) in [6.45, 7) is 2.55. The van der Waals surface area contributed by atoms with Gasteiger partial charge in [0, 0.05) is 10.0 Å². The number of nitrogens with two attached hydrogens (primary N) is 1. The van der Waals surface area contributed by atoms with E-state index < -0.39 is 0 Å². The molecule has 1 aliphatic rings. The summed E-state index contributed by atoms with van der Waals surface area (Å²) < 4.78 is 12.1. The van der Waals surface area contributed by atoms with Crippen LogP contribution in [0.5, 0.6) is 11.6 Å². The molecule has 0 aliphatic carbocycles. The second-order valence-corrected chi connectivity index (χ2v) is 7.17. The predicted octanol–water partition coefficient (Wildman–Crippen LogP) is 4.46. The first-order chi connectivity index (χ1) is 13.6. The second-order valence-electron chi connectivity index (χ2n) is 6.25. The molecule has 2 heterocycles. The summed E-state index contributed by atoms with van der Waals surface area (Å²) in [6, 6.07) is 17.7. The minimum Gasteiger partial charge on any atom is -0.494 e. The van der Waals surface area contributed by atoms with Crippen LogP contribution in [0.4, 0.5) is 0 Å². The fourth-order valence-corrected chi connectivity index (χ4v) is 3.60. The Labute approximate surface area is 170 Å². The number of allylic oxidation sites excluding steroid dienone is 1. The van der Waals surface area contributed by atoms with Crippen molar-refractivity contribution < 1.29 is 9.47 Å². The summed E-state index contributed by atoms with van der Waals surface area (Å²) in [6.07, 6.45) is 0. The Kier molecular flexibility index (Phi) is 4.80. The minimum atomic E-state index is -0.373. The second kappa shape index (κ2) is 7.41. The maximum Gasteiger partial charge on any atom is 0.244 e. The molecular weight excluding hydrogens is 420 g/mol. The van der Waals surface area contributed by atoms with Gasteiger partial charge >= 0.3 is 0 Å². The Balaban J connectivity index is 1.85. The van der Waals surface area contributed by atoms with Crippen LogP contribution in [0.1, 0.15) is 24.0 Å². The van der Waals surface area contributed by atoms with Gasteiger partial charge in [-0.25, -0.2) is 0 Å². The van der Waals surface area contributed by atoms with Gasteiger partial charge < -0.3 is 15.2 Å². The van der Waals surface area contributed by atoms with Gasteiger partial charge in [-0.3, -0.25) is 5.10 Å². The highest BCUT2D eigenvalue weighted by molar-refractivity contribution is 9.10. The van der Waals surface area contributed by atoms with Gasteiger partial charge in [-0.15, -0.1) is 5.10 Å². The number of ether oxygens (including phenoxy) is 2. The molecule has 3 N–H and O–H groups in total. The van der Waals surface area contributed by atoms with Crippen LogP contribution in [0.3, 0.4) is 0 Å². The van der Waals surface area contributed by atoms with Gasteiger partial charge in [0.2, 0.25) is 11.8 Å². The molecule has 2 aromatic carbocycles. The number of benzene rings is 2. The van der Waals surface area contributed by atoms with Crippen LogP contribution in [0.25, 0.3) is 11.3 Å². The van der Waals surface area contributed by atoms with E-state index in [1.807, 2.05) is 55.5 Å². The van der Waals surface area contributed by atoms with E-state index in [9.17, 15) is 5.26 Å². The highest BCUT2D eigenvalue weighted by Gasteiger charge is 2.35. The number of fused-ring (bicyclic) bond motifs is 1. The third-order valence-electron chi connectivity index (χ3n) is 4.60. The normalized spacial score (nSPS) is 15.5. The van der Waals surface area contributed by atoms with Gasteiger partial charge in [0.05, 0.1) is 23.8 Å². The van der Waals surface area contributed by atoms with Crippen molar-refractivity contribution in [2.75, 3.05) is 6.61 Å². The van der Waals surface area contributed by atoms with E-state index in [1.54, 1.807) is 0 Å². The zero-order valence-electron chi connectivity index (χ0n) is 15.1. The van der Waals surface area contributed by atoms with Crippen LogP contribution in [0.2, 0.25) is 0 Å². The number of nitrogens with one attached hydrogen (secondary N) is 1. The Morgan fingerprint density at radius 3 is 2.57 bits per heavy atom. The quantitative estimate of drug-likeness (QED) is 0.629. The average molecular weight is 437 g/mol. The molecule has 0 spiro atoms. The van der Waals surface area contributed by atoms with Crippen molar-refractivity contribution in [1.82, 2.24) is 10.2 Å². The van der Waals surface area contributed by atoms with Crippen LogP contribution < -0.4 is 15.2 Å². The fraction of sp³-hybridized carbons (Fsp3) is 0.143. The lowest BCUT2D eigenvalue weighted by molar-refractivity contribution is 0.340. The first kappa shape index (κ1) is 18.1. The molecule has 1 aromatic heterocycles. The number of hydrogen-bond donors (Lipinski definition) is 2. The molecule has 7 heteroatoms. The van der Waals surface area contributed by atoms with E-state index in [4.69, 9.17) is 15.2 Å². The maximum atomic E-state index is 9.74. The number of aromatic amines is 1. The molecule has 3 aromatic rings. The molecule has 0 radical (unpaired) electrons. The highest BCUT2D eigenvalue weighted by atomic mass is 79.9. The number of hydrogen-bond acceptors (Lipinski definition) is 5. The number of rotatable bonds is 4. The molecule has 6 nitrogen and oxygen atoms in total. The van der Waals surface area contributed by atoms with Crippen molar-refractivity contribution in [2.24, 2.45) is 5.73 Å². The molecule has 1 aliphatic heterocycles. The van der Waals surface area contributed by atoms with Crippen molar-refractivity contribution in [2.45, 2.75) is 12.8 Å². The van der Waals surface area contributed by atoms with Gasteiger partial charge in [0.25, 0.3) is 0 Å². The van der Waals surface area contributed by atoms with Crippen LogP contribution in [-0.2, 0) is 0 Å². The van der Waals surface area contributed by atoms with E-state index in [2.05, 4.69) is 32.2 Å². The predicted molar refractivity (Wildman–Crippen MR) is 109 cm³/mol. The largest absolute Gasteiger partial charge is 0.494 e. The zero-order valence-corrected chi connectivity index (χ0v) is 16.7. The lowest BCUT2D eigenvalue weighted by atomic mass is 9.83.